The van der Waals surface area contributed by atoms with Gasteiger partial charge < -0.3 is 58.0 Å². The number of carbonyl (C=O) groups is 3. The number of H-pyrrole nitrogens is 1. The number of aromatic nitrogens is 2. The molecule has 0 bridgehead atoms. The van der Waals surface area contributed by atoms with Gasteiger partial charge in [0, 0.05) is 18.7 Å². The highest BCUT2D eigenvalue weighted by Gasteiger charge is 2.50. The first-order valence-electron chi connectivity index (χ1n) is 26.4. The fraction of sp³-hybridized carbons (Fsp3) is 0.717. The Bertz CT molecular complexity index is 1880. The quantitative estimate of drug-likeness (QED) is 0.0400. The van der Waals surface area contributed by atoms with Crippen LogP contribution >= 0.6 is 12.4 Å². The molecule has 1 aromatic carbocycles. The number of halogens is 1. The van der Waals surface area contributed by atoms with Crippen LogP contribution in [0.3, 0.4) is 0 Å². The minimum atomic E-state index is -1.25. The summed E-state index contributed by atoms with van der Waals surface area (Å²) in [5.74, 6) is -1.57. The molecule has 73 heavy (non-hydrogen) atoms. The van der Waals surface area contributed by atoms with Crippen LogP contribution in [0.4, 0.5) is 0 Å². The fourth-order valence-electron chi connectivity index (χ4n) is 8.11. The Hall–Kier alpha value is -4.02. The molecule has 0 unspecified atom stereocenters. The lowest BCUT2D eigenvalue weighted by atomic mass is 10.1. The van der Waals surface area contributed by atoms with Crippen LogP contribution in [0.1, 0.15) is 121 Å². The zero-order chi connectivity index (χ0) is 51.1. The van der Waals surface area contributed by atoms with Gasteiger partial charge in [0.05, 0.1) is 91.9 Å². The average Bonchev–Trinajstić information content (AvgIpc) is 4.04. The Morgan fingerprint density at radius 3 is 1.84 bits per heavy atom. The monoisotopic (exact) mass is 1050 g/mol. The van der Waals surface area contributed by atoms with Crippen molar-refractivity contribution in [3.8, 4) is 0 Å². The Morgan fingerprint density at radius 2 is 1.26 bits per heavy atom. The number of hydrogen-bond donors (Lipinski definition) is 3. The molecule has 2 aromatic rings. The molecule has 2 aliphatic rings. The number of amides is 1. The number of nitrogens with one attached hydrogen (secondary N) is 3. The number of hydrogen-bond acceptors (Lipinski definition) is 16. The highest BCUT2D eigenvalue weighted by Crippen LogP contribution is 2.32. The van der Waals surface area contributed by atoms with Crippen molar-refractivity contribution in [2.24, 2.45) is 0 Å². The molecule has 0 saturated carbocycles. The maximum atomic E-state index is 13.5. The Kier molecular flexibility index (Phi) is 35.8. The van der Waals surface area contributed by atoms with Gasteiger partial charge in [-0.1, -0.05) is 101 Å². The molecular weight excluding hydrogens is 968 g/mol. The van der Waals surface area contributed by atoms with Crippen molar-refractivity contribution in [3.05, 3.63) is 81.1 Å². The normalized spacial score (nSPS) is 18.5. The highest BCUT2D eigenvalue weighted by atomic mass is 35.5. The molecule has 1 aromatic heterocycles. The molecule has 2 aliphatic heterocycles. The van der Waals surface area contributed by atoms with Gasteiger partial charge in [-0.3, -0.25) is 23.9 Å². The van der Waals surface area contributed by atoms with E-state index in [1.165, 1.54) is 44.7 Å². The third-order valence-corrected chi connectivity index (χ3v) is 12.0. The lowest BCUT2D eigenvalue weighted by Gasteiger charge is -2.26. The molecule has 414 valence electrons. The number of aromatic amines is 1. The summed E-state index contributed by atoms with van der Waals surface area (Å²) in [5, 5.41) is 6.11. The standard InChI is InChI=1S/C53H84N4O15.ClH/c1-2-3-4-5-6-7-8-9-10-11-12-13-14-15-19-24-47(59)72-50-49(56-51(61)44-23-20-26-54-44)45(71-52(50)57-27-25-46(58)55-53(57)62)41-70-48(60)42-69-39-37-67-35-33-65-31-29-63-28-30-64-32-34-66-36-38-68-40-43-21-17-16-18-22-43;/h9-10,16-18,21-22,25,27,44-45,49-50,52,54H,2-8,11-15,19-20,23-24,26,28-42H2,1H3,(H,56,61)(H,55,58,62);1H/b10-9-;/t44-,45+,49-,50+,52+;/m0./s1. The highest BCUT2D eigenvalue weighted by molar-refractivity contribution is 5.85. The van der Waals surface area contributed by atoms with E-state index in [1.54, 1.807) is 0 Å². The Morgan fingerprint density at radius 1 is 0.699 bits per heavy atom. The molecule has 0 radical (unpaired) electrons. The summed E-state index contributed by atoms with van der Waals surface area (Å²) < 4.78 is 57.5. The van der Waals surface area contributed by atoms with Crippen LogP contribution in [0.25, 0.3) is 0 Å². The molecule has 0 aliphatic carbocycles. The van der Waals surface area contributed by atoms with Gasteiger partial charge >= 0.3 is 17.6 Å². The summed E-state index contributed by atoms with van der Waals surface area (Å²) >= 11 is 0. The van der Waals surface area contributed by atoms with E-state index >= 15 is 0 Å². The summed E-state index contributed by atoms with van der Waals surface area (Å²) in [6.07, 6.45) is 18.4. The number of ether oxygens (including phenoxy) is 10. The largest absolute Gasteiger partial charge is 0.461 e. The molecule has 3 heterocycles. The second-order valence-corrected chi connectivity index (χ2v) is 17.9. The van der Waals surface area contributed by atoms with Crippen molar-refractivity contribution in [1.29, 1.82) is 0 Å². The van der Waals surface area contributed by atoms with Crippen LogP contribution in [0.5, 0.6) is 0 Å². The van der Waals surface area contributed by atoms with E-state index in [0.29, 0.717) is 92.1 Å². The van der Waals surface area contributed by atoms with Crippen LogP contribution < -0.4 is 21.9 Å². The number of carbonyl (C=O) groups excluding carboxylic acids is 3. The van der Waals surface area contributed by atoms with Gasteiger partial charge in [0.2, 0.25) is 5.91 Å². The number of benzene rings is 1. The molecule has 4 rings (SSSR count). The zero-order valence-electron chi connectivity index (χ0n) is 43.2. The van der Waals surface area contributed by atoms with E-state index in [9.17, 15) is 24.0 Å². The van der Waals surface area contributed by atoms with Gasteiger partial charge in [0.1, 0.15) is 25.4 Å². The third-order valence-electron chi connectivity index (χ3n) is 12.0. The van der Waals surface area contributed by atoms with E-state index in [2.05, 4.69) is 34.7 Å². The minimum Gasteiger partial charge on any atom is -0.461 e. The number of allylic oxidation sites excluding steroid dienone is 2. The lowest BCUT2D eigenvalue weighted by Crippen LogP contribution is -2.54. The van der Waals surface area contributed by atoms with Gasteiger partial charge in [-0.05, 0) is 57.1 Å². The van der Waals surface area contributed by atoms with E-state index in [-0.39, 0.29) is 51.2 Å². The smallest absolute Gasteiger partial charge is 0.332 e. The summed E-state index contributed by atoms with van der Waals surface area (Å²) in [7, 11) is 0. The van der Waals surface area contributed by atoms with E-state index < -0.39 is 53.7 Å². The van der Waals surface area contributed by atoms with Crippen LogP contribution in [-0.4, -0.2) is 151 Å². The van der Waals surface area contributed by atoms with Gasteiger partial charge in [0.15, 0.2) is 12.3 Å². The molecule has 1 amide bonds. The molecule has 3 N–H and O–H groups in total. The summed E-state index contributed by atoms with van der Waals surface area (Å²) in [6.45, 7) is 7.42. The van der Waals surface area contributed by atoms with E-state index in [0.717, 1.165) is 61.1 Å². The maximum absolute atomic E-state index is 13.5. The van der Waals surface area contributed by atoms with Gasteiger partial charge in [-0.25, -0.2) is 9.59 Å². The first-order chi connectivity index (χ1) is 35.4. The first kappa shape index (κ1) is 63.3. The molecule has 2 fully saturated rings. The van der Waals surface area contributed by atoms with Gasteiger partial charge in [-0.15, -0.1) is 12.4 Å². The number of nitrogens with zero attached hydrogens (tertiary/aromatic N) is 1. The molecular formula is C53H85ClN4O15. The molecule has 2 saturated heterocycles. The SMILES string of the molecule is CCCCCCCC/C=C\CCCCCCCC(=O)O[C@@H]1[C@@H](NC(=O)[C@@H]2CCCN2)[C@@H](COC(=O)COCCOCCOCCOCCOCCOCCOCc2ccccc2)O[C@H]1n1ccc(=O)[nH]c1=O.Cl. The topological polar surface area (TPSA) is 222 Å². The second kappa shape index (κ2) is 41.3. The fourth-order valence-corrected chi connectivity index (χ4v) is 8.11. The van der Waals surface area contributed by atoms with E-state index in [1.807, 2.05) is 30.3 Å². The predicted octanol–water partition coefficient (Wildman–Crippen LogP) is 5.90. The average molecular weight is 1050 g/mol. The van der Waals surface area contributed by atoms with E-state index in [4.69, 9.17) is 47.4 Å². The minimum absolute atomic E-state index is 0. The van der Waals surface area contributed by atoms with Gasteiger partial charge in [0.25, 0.3) is 5.56 Å². The number of rotatable bonds is 43. The van der Waals surface area contributed by atoms with Crippen LogP contribution in [0.2, 0.25) is 0 Å². The maximum Gasteiger partial charge on any atom is 0.332 e. The van der Waals surface area contributed by atoms with Crippen molar-refractivity contribution in [1.82, 2.24) is 20.2 Å². The van der Waals surface area contributed by atoms with Gasteiger partial charge in [-0.2, -0.15) is 0 Å². The molecule has 0 spiro atoms. The van der Waals surface area contributed by atoms with Crippen molar-refractivity contribution in [3.63, 3.8) is 0 Å². The van der Waals surface area contributed by atoms with Crippen molar-refractivity contribution in [2.75, 3.05) is 99.0 Å². The number of unbranched alkanes of at least 4 members (excludes halogenated alkanes) is 11. The predicted molar refractivity (Wildman–Crippen MR) is 277 cm³/mol. The first-order valence-corrected chi connectivity index (χ1v) is 26.4. The second-order valence-electron chi connectivity index (χ2n) is 17.9. The van der Waals surface area contributed by atoms with Crippen LogP contribution in [-0.2, 0) is 68.4 Å². The van der Waals surface area contributed by atoms with Crippen molar-refractivity contribution >= 4 is 30.3 Å². The van der Waals surface area contributed by atoms with Crippen LogP contribution in [0, 0.1) is 0 Å². The summed E-state index contributed by atoms with van der Waals surface area (Å²) in [4.78, 5) is 66.9. The van der Waals surface area contributed by atoms with Crippen molar-refractivity contribution < 1.29 is 61.8 Å². The van der Waals surface area contributed by atoms with Crippen LogP contribution in [0.15, 0.2) is 64.3 Å². The third kappa shape index (κ3) is 28.5. The summed E-state index contributed by atoms with van der Waals surface area (Å²) in [6, 6.07) is 9.64. The lowest BCUT2D eigenvalue weighted by molar-refractivity contribution is -0.157. The Balaban J connectivity index is 0.0000141. The number of esters is 2. The Labute approximate surface area is 437 Å². The van der Waals surface area contributed by atoms with Crippen molar-refractivity contribution in [2.45, 2.75) is 147 Å². The summed E-state index contributed by atoms with van der Waals surface area (Å²) in [5.41, 5.74) is -0.288. The zero-order valence-corrected chi connectivity index (χ0v) is 44.0. The molecule has 19 nitrogen and oxygen atoms in total. The molecule has 5 atom stereocenters. The molecule has 20 heteroatoms.